The van der Waals surface area contributed by atoms with Gasteiger partial charge in [-0.2, -0.15) is 8.61 Å². The fourth-order valence-corrected chi connectivity index (χ4v) is 6.19. The molecule has 0 saturated carbocycles. The van der Waals surface area contributed by atoms with E-state index in [1.807, 2.05) is 0 Å². The van der Waals surface area contributed by atoms with Gasteiger partial charge in [-0.1, -0.05) is 41.5 Å². The van der Waals surface area contributed by atoms with Crippen LogP contribution in [0.1, 0.15) is 16.7 Å². The van der Waals surface area contributed by atoms with E-state index in [0.717, 1.165) is 11.1 Å². The lowest BCUT2D eigenvalue weighted by atomic mass is 10.1. The zero-order valence-corrected chi connectivity index (χ0v) is 20.8. The second-order valence-electron chi connectivity index (χ2n) is 7.76. The first-order chi connectivity index (χ1) is 16.3. The Hall–Kier alpha value is -3.90. The van der Waals surface area contributed by atoms with Gasteiger partial charge in [0.2, 0.25) is 0 Å². The molecule has 0 radical (unpaired) electrons. The van der Waals surface area contributed by atoms with Crippen molar-refractivity contribution in [2.45, 2.75) is 30.6 Å². The van der Waals surface area contributed by atoms with Crippen molar-refractivity contribution >= 4 is 43.5 Å². The van der Waals surface area contributed by atoms with E-state index in [1.54, 1.807) is 38.1 Å². The summed E-state index contributed by atoms with van der Waals surface area (Å²) in [6.45, 7) is 4.89. The Kier molecular flexibility index (Phi) is 6.90. The number of hydrogen-bond acceptors (Lipinski definition) is 6. The van der Waals surface area contributed by atoms with Crippen molar-refractivity contribution < 1.29 is 26.4 Å². The zero-order valence-electron chi connectivity index (χ0n) is 19.2. The van der Waals surface area contributed by atoms with Crippen LogP contribution >= 0.6 is 0 Å². The van der Waals surface area contributed by atoms with Gasteiger partial charge in [0.1, 0.15) is 0 Å². The molecule has 0 bridgehead atoms. The largest absolute Gasteiger partial charge is 0.350 e. The number of benzene rings is 3. The SMILES string of the molecule is Cc1ccc(S(=O)(=O)N(C(N)=O)c2cccc(N(C(N)=O)S(=O)(=O)c3ccc(C)cc3)c2C)cc1. The molecule has 0 unspecified atom stereocenters. The highest BCUT2D eigenvalue weighted by atomic mass is 32.2. The van der Waals surface area contributed by atoms with Gasteiger partial charge in [-0.15, -0.1) is 0 Å². The molecule has 0 saturated heterocycles. The van der Waals surface area contributed by atoms with E-state index in [0.29, 0.717) is 8.61 Å². The Labute approximate surface area is 203 Å². The Morgan fingerprint density at radius 1 is 0.600 bits per heavy atom. The van der Waals surface area contributed by atoms with Gasteiger partial charge in [0.25, 0.3) is 20.0 Å². The van der Waals surface area contributed by atoms with Crippen LogP contribution in [0.4, 0.5) is 21.0 Å². The Bertz CT molecular complexity index is 1390. The van der Waals surface area contributed by atoms with E-state index < -0.39 is 32.1 Å². The minimum atomic E-state index is -4.47. The maximum Gasteiger partial charge on any atom is 0.333 e. The van der Waals surface area contributed by atoms with Gasteiger partial charge in [-0.3, -0.25) is 0 Å². The lowest BCUT2D eigenvalue weighted by Gasteiger charge is -2.27. The third-order valence-corrected chi connectivity index (χ3v) is 8.68. The summed E-state index contributed by atoms with van der Waals surface area (Å²) in [5.74, 6) is 0. The number of carbonyl (C=O) groups excluding carboxylic acids is 2. The summed E-state index contributed by atoms with van der Waals surface area (Å²) in [6, 6.07) is 12.7. The summed E-state index contributed by atoms with van der Waals surface area (Å²) in [5.41, 5.74) is 12.0. The molecular weight excluding hydrogens is 492 g/mol. The fraction of sp³-hybridized carbons (Fsp3) is 0.130. The summed E-state index contributed by atoms with van der Waals surface area (Å²) in [7, 11) is -8.95. The monoisotopic (exact) mass is 516 g/mol. The Morgan fingerprint density at radius 3 is 1.20 bits per heavy atom. The van der Waals surface area contributed by atoms with Crippen molar-refractivity contribution in [2.24, 2.45) is 11.5 Å². The zero-order chi connectivity index (χ0) is 26.1. The quantitative estimate of drug-likeness (QED) is 0.511. The summed E-state index contributed by atoms with van der Waals surface area (Å²) in [5, 5.41) is 0. The van der Waals surface area contributed by atoms with Crippen LogP contribution in [0.5, 0.6) is 0 Å². The molecule has 0 aliphatic heterocycles. The molecule has 0 fully saturated rings. The second-order valence-corrected chi connectivity index (χ2v) is 11.3. The maximum absolute atomic E-state index is 13.3. The van der Waals surface area contributed by atoms with E-state index >= 15 is 0 Å². The first kappa shape index (κ1) is 25.7. The highest BCUT2D eigenvalue weighted by Crippen LogP contribution is 2.35. The van der Waals surface area contributed by atoms with Crippen LogP contribution < -0.4 is 20.1 Å². The van der Waals surface area contributed by atoms with Gasteiger partial charge in [-0.05, 0) is 62.7 Å². The van der Waals surface area contributed by atoms with Crippen molar-refractivity contribution in [3.8, 4) is 0 Å². The van der Waals surface area contributed by atoms with Gasteiger partial charge in [0.05, 0.1) is 21.2 Å². The summed E-state index contributed by atoms with van der Waals surface area (Å²) in [6.07, 6.45) is 0. The molecule has 3 aromatic rings. The van der Waals surface area contributed by atoms with Crippen molar-refractivity contribution in [3.63, 3.8) is 0 Å². The van der Waals surface area contributed by atoms with Crippen LogP contribution in [-0.2, 0) is 20.0 Å². The number of sulfonamides is 2. The Morgan fingerprint density at radius 2 is 0.914 bits per heavy atom. The first-order valence-corrected chi connectivity index (χ1v) is 13.1. The minimum Gasteiger partial charge on any atom is -0.350 e. The molecule has 0 heterocycles. The van der Waals surface area contributed by atoms with Crippen LogP contribution in [-0.4, -0.2) is 28.9 Å². The number of carbonyl (C=O) groups is 2. The lowest BCUT2D eigenvalue weighted by Crippen LogP contribution is -2.43. The fourth-order valence-electron chi connectivity index (χ4n) is 3.42. The van der Waals surface area contributed by atoms with Gasteiger partial charge in [0.15, 0.2) is 0 Å². The van der Waals surface area contributed by atoms with Crippen LogP contribution in [0.3, 0.4) is 0 Å². The molecule has 4 amide bonds. The molecule has 0 aliphatic carbocycles. The second kappa shape index (κ2) is 9.39. The molecule has 184 valence electrons. The predicted octanol–water partition coefficient (Wildman–Crippen LogP) is 3.16. The molecule has 10 nitrogen and oxygen atoms in total. The number of amides is 4. The molecule has 0 aromatic heterocycles. The molecule has 3 aromatic carbocycles. The highest BCUT2D eigenvalue weighted by Gasteiger charge is 2.35. The standard InChI is InChI=1S/C23H24N4O6S2/c1-15-7-11-18(12-8-15)34(30,31)26(22(24)28)20-5-4-6-21(17(20)3)27(23(25)29)35(32,33)19-13-9-16(2)10-14-19/h4-14H,1-3H3,(H2,24,28)(H2,25,29). The smallest absolute Gasteiger partial charge is 0.333 e. The van der Waals surface area contributed by atoms with Gasteiger partial charge >= 0.3 is 12.1 Å². The van der Waals surface area contributed by atoms with E-state index in [1.165, 1.54) is 49.4 Å². The molecule has 0 spiro atoms. The minimum absolute atomic E-state index is 0.0310. The number of urea groups is 2. The number of hydrogen-bond donors (Lipinski definition) is 2. The average Bonchev–Trinajstić information content (AvgIpc) is 2.76. The molecule has 0 aliphatic rings. The van der Waals surface area contributed by atoms with Crippen LogP contribution in [0.15, 0.2) is 76.5 Å². The van der Waals surface area contributed by atoms with Crippen molar-refractivity contribution in [2.75, 3.05) is 8.61 Å². The van der Waals surface area contributed by atoms with Crippen molar-refractivity contribution in [3.05, 3.63) is 83.4 Å². The number of aryl methyl sites for hydroxylation is 2. The number of rotatable bonds is 6. The summed E-state index contributed by atoms with van der Waals surface area (Å²) < 4.78 is 53.9. The first-order valence-electron chi connectivity index (χ1n) is 10.2. The maximum atomic E-state index is 13.3. The molecule has 12 heteroatoms. The van der Waals surface area contributed by atoms with Gasteiger partial charge < -0.3 is 11.5 Å². The normalized spacial score (nSPS) is 11.6. The Balaban J connectivity index is 2.21. The molecule has 4 N–H and O–H groups in total. The highest BCUT2D eigenvalue weighted by molar-refractivity contribution is 7.94. The lowest BCUT2D eigenvalue weighted by molar-refractivity contribution is 0.256. The van der Waals surface area contributed by atoms with E-state index in [2.05, 4.69) is 0 Å². The third-order valence-electron chi connectivity index (χ3n) is 5.23. The topological polar surface area (TPSA) is 161 Å². The van der Waals surface area contributed by atoms with Gasteiger partial charge in [0, 0.05) is 0 Å². The summed E-state index contributed by atoms with van der Waals surface area (Å²) >= 11 is 0. The van der Waals surface area contributed by atoms with Crippen LogP contribution in [0, 0.1) is 20.8 Å². The van der Waals surface area contributed by atoms with Gasteiger partial charge in [-0.25, -0.2) is 26.4 Å². The average molecular weight is 517 g/mol. The van der Waals surface area contributed by atoms with Crippen molar-refractivity contribution in [1.82, 2.24) is 0 Å². The van der Waals surface area contributed by atoms with E-state index in [4.69, 9.17) is 11.5 Å². The number of nitrogens with two attached hydrogens (primary N) is 2. The molecule has 35 heavy (non-hydrogen) atoms. The van der Waals surface area contributed by atoms with Crippen molar-refractivity contribution in [1.29, 1.82) is 0 Å². The van der Waals surface area contributed by atoms with E-state index in [9.17, 15) is 26.4 Å². The number of nitrogens with zero attached hydrogens (tertiary/aromatic N) is 2. The third kappa shape index (κ3) is 4.84. The van der Waals surface area contributed by atoms with E-state index in [-0.39, 0.29) is 26.7 Å². The predicted molar refractivity (Wildman–Crippen MR) is 132 cm³/mol. The number of primary amides is 2. The molecule has 0 atom stereocenters. The molecule has 3 rings (SSSR count). The van der Waals surface area contributed by atoms with Crippen LogP contribution in [0.25, 0.3) is 0 Å². The van der Waals surface area contributed by atoms with Crippen LogP contribution in [0.2, 0.25) is 0 Å². The summed E-state index contributed by atoms with van der Waals surface area (Å²) in [4.78, 5) is 24.3. The molecular formula is C23H24N4O6S2. The number of anilines is 2.